The minimum atomic E-state index is -4.68. The Balaban J connectivity index is 1.95. The summed E-state index contributed by atoms with van der Waals surface area (Å²) in [6.07, 6.45) is -3.32. The summed E-state index contributed by atoms with van der Waals surface area (Å²) in [5, 5.41) is 5.55. The van der Waals surface area contributed by atoms with Crippen molar-refractivity contribution in [1.82, 2.24) is 19.9 Å². The molecule has 0 aromatic carbocycles. The van der Waals surface area contributed by atoms with Crippen LogP contribution in [-0.4, -0.2) is 46.4 Å². The van der Waals surface area contributed by atoms with Crippen LogP contribution in [0.25, 0.3) is 5.65 Å². The molecule has 0 unspecified atom stereocenters. The second-order valence-electron chi connectivity index (χ2n) is 5.67. The third kappa shape index (κ3) is 3.65. The van der Waals surface area contributed by atoms with Gasteiger partial charge in [-0.25, -0.2) is 0 Å². The van der Waals surface area contributed by atoms with Crippen LogP contribution in [0.15, 0.2) is 10.9 Å². The molecule has 0 spiro atoms. The number of aromatic nitrogens is 3. The van der Waals surface area contributed by atoms with Crippen molar-refractivity contribution in [1.29, 1.82) is 0 Å². The van der Waals surface area contributed by atoms with Crippen molar-refractivity contribution >= 4 is 11.6 Å². The summed E-state index contributed by atoms with van der Waals surface area (Å²) < 4.78 is 56.6. The number of alkyl halides is 3. The first kappa shape index (κ1) is 17.4. The molecule has 3 rings (SSSR count). The summed E-state index contributed by atoms with van der Waals surface area (Å²) >= 11 is 0. The molecule has 136 valence electrons. The van der Waals surface area contributed by atoms with E-state index in [0.717, 1.165) is 4.52 Å². The zero-order valence-corrected chi connectivity index (χ0v) is 12.8. The summed E-state index contributed by atoms with van der Waals surface area (Å²) in [6.45, 7) is -0.604. The second kappa shape index (κ2) is 6.47. The molecular formula is C14H14F4N4O3. The summed E-state index contributed by atoms with van der Waals surface area (Å²) in [6, 6.07) is 1.48. The molecule has 3 heterocycles. The highest BCUT2D eigenvalue weighted by atomic mass is 19.4. The van der Waals surface area contributed by atoms with Crippen molar-refractivity contribution in [2.45, 2.75) is 24.9 Å². The van der Waals surface area contributed by atoms with E-state index >= 15 is 0 Å². The number of H-pyrrole nitrogens is 1. The van der Waals surface area contributed by atoms with Crippen molar-refractivity contribution in [3.8, 4) is 0 Å². The van der Waals surface area contributed by atoms with Crippen LogP contribution in [0.2, 0.25) is 0 Å². The molecule has 1 aliphatic heterocycles. The fraction of sp³-hybridized carbons (Fsp3) is 0.500. The molecular weight excluding hydrogens is 348 g/mol. The van der Waals surface area contributed by atoms with E-state index in [1.165, 1.54) is 11.4 Å². The quantitative estimate of drug-likeness (QED) is 0.637. The molecule has 0 aliphatic carbocycles. The highest BCUT2D eigenvalue weighted by Crippen LogP contribution is 2.26. The van der Waals surface area contributed by atoms with Gasteiger partial charge in [0, 0.05) is 25.2 Å². The molecule has 25 heavy (non-hydrogen) atoms. The molecule has 1 saturated heterocycles. The molecule has 0 radical (unpaired) electrons. The number of amides is 1. The fourth-order valence-corrected chi connectivity index (χ4v) is 2.68. The van der Waals surface area contributed by atoms with Crippen LogP contribution >= 0.6 is 0 Å². The number of nitrogens with one attached hydrogen (secondary N) is 2. The molecule has 2 aromatic rings. The highest BCUT2D eigenvalue weighted by Gasteiger charge is 2.30. The Morgan fingerprint density at radius 3 is 2.72 bits per heavy atom. The van der Waals surface area contributed by atoms with E-state index in [4.69, 9.17) is 4.74 Å². The molecule has 1 fully saturated rings. The van der Waals surface area contributed by atoms with Crippen LogP contribution in [0.3, 0.4) is 0 Å². The van der Waals surface area contributed by atoms with Gasteiger partial charge in [-0.2, -0.15) is 27.2 Å². The lowest BCUT2D eigenvalue weighted by atomic mass is 9.97. The predicted molar refractivity (Wildman–Crippen MR) is 77.0 cm³/mol. The average molecular weight is 362 g/mol. The summed E-state index contributed by atoms with van der Waals surface area (Å²) in [5.74, 6) is -2.75. The Kier molecular flexibility index (Phi) is 4.50. The molecule has 7 nitrogen and oxygen atoms in total. The van der Waals surface area contributed by atoms with Crippen molar-refractivity contribution in [3.63, 3.8) is 0 Å². The van der Waals surface area contributed by atoms with E-state index in [-0.39, 0.29) is 11.6 Å². The maximum atomic E-state index is 14.0. The first-order valence-electron chi connectivity index (χ1n) is 7.50. The predicted octanol–water partition coefficient (Wildman–Crippen LogP) is 1.35. The molecule has 0 saturated carbocycles. The van der Waals surface area contributed by atoms with Crippen LogP contribution in [-0.2, 0) is 4.74 Å². The first-order chi connectivity index (χ1) is 11.8. The Morgan fingerprint density at radius 2 is 2.08 bits per heavy atom. The van der Waals surface area contributed by atoms with Gasteiger partial charge in [0.2, 0.25) is 5.95 Å². The molecule has 2 N–H and O–H groups in total. The third-order valence-corrected chi connectivity index (χ3v) is 3.91. The number of halogens is 4. The van der Waals surface area contributed by atoms with Crippen molar-refractivity contribution in [3.05, 3.63) is 33.6 Å². The molecule has 0 bridgehead atoms. The zero-order valence-electron chi connectivity index (χ0n) is 12.8. The molecule has 0 atom stereocenters. The number of fused-ring (bicyclic) bond motifs is 1. The van der Waals surface area contributed by atoms with Gasteiger partial charge in [0.25, 0.3) is 11.5 Å². The topological polar surface area (TPSA) is 88.5 Å². The SMILES string of the molecule is O=C(NCC(F)(F)F)c1c(F)[nH]c2cc(C3CCOCC3)nn2c1=O. The van der Waals surface area contributed by atoms with Gasteiger partial charge in [0.05, 0.1) is 5.69 Å². The van der Waals surface area contributed by atoms with Gasteiger partial charge in [-0.1, -0.05) is 0 Å². The van der Waals surface area contributed by atoms with E-state index in [1.54, 1.807) is 0 Å². The van der Waals surface area contributed by atoms with Gasteiger partial charge in [-0.05, 0) is 12.8 Å². The lowest BCUT2D eigenvalue weighted by molar-refractivity contribution is -0.123. The van der Waals surface area contributed by atoms with Gasteiger partial charge in [-0.3, -0.25) is 9.59 Å². The zero-order chi connectivity index (χ0) is 18.2. The minimum Gasteiger partial charge on any atom is -0.381 e. The Labute approximate surface area is 138 Å². The maximum absolute atomic E-state index is 14.0. The average Bonchev–Trinajstić information content (AvgIpc) is 2.97. The van der Waals surface area contributed by atoms with Crippen LogP contribution in [0, 0.1) is 5.95 Å². The molecule has 2 aromatic heterocycles. The number of carbonyl (C=O) groups is 1. The number of rotatable bonds is 3. The number of ether oxygens (including phenoxy) is 1. The van der Waals surface area contributed by atoms with Crippen molar-refractivity contribution in [2.75, 3.05) is 19.8 Å². The largest absolute Gasteiger partial charge is 0.405 e. The standard InChI is InChI=1S/C14H14F4N4O3/c15-11-10(12(23)19-6-14(16,17)18)13(24)22-9(20-11)5-8(21-22)7-1-3-25-4-2-7/h5,7,20H,1-4,6H2,(H,19,23). The third-order valence-electron chi connectivity index (χ3n) is 3.91. The van der Waals surface area contributed by atoms with Gasteiger partial charge in [0.1, 0.15) is 12.2 Å². The maximum Gasteiger partial charge on any atom is 0.405 e. The van der Waals surface area contributed by atoms with Gasteiger partial charge < -0.3 is 15.0 Å². The van der Waals surface area contributed by atoms with Gasteiger partial charge >= 0.3 is 6.18 Å². The van der Waals surface area contributed by atoms with Crippen LogP contribution < -0.4 is 10.9 Å². The van der Waals surface area contributed by atoms with Crippen LogP contribution in [0.4, 0.5) is 17.6 Å². The molecule has 1 amide bonds. The van der Waals surface area contributed by atoms with Crippen molar-refractivity contribution in [2.24, 2.45) is 0 Å². The van der Waals surface area contributed by atoms with Crippen molar-refractivity contribution < 1.29 is 27.1 Å². The lowest BCUT2D eigenvalue weighted by Gasteiger charge is -2.19. The van der Waals surface area contributed by atoms with E-state index in [9.17, 15) is 27.2 Å². The number of carbonyl (C=O) groups excluding carboxylic acids is 1. The number of hydrogen-bond acceptors (Lipinski definition) is 4. The van der Waals surface area contributed by atoms with Crippen LogP contribution in [0.1, 0.15) is 34.8 Å². The van der Waals surface area contributed by atoms with E-state index < -0.39 is 35.7 Å². The Bertz CT molecular complexity index is 852. The molecule has 11 heteroatoms. The van der Waals surface area contributed by atoms with Crippen LogP contribution in [0.5, 0.6) is 0 Å². The Morgan fingerprint density at radius 1 is 1.40 bits per heavy atom. The normalized spacial score (nSPS) is 16.3. The number of nitrogens with zero attached hydrogens (tertiary/aromatic N) is 2. The monoisotopic (exact) mass is 362 g/mol. The second-order valence-corrected chi connectivity index (χ2v) is 5.67. The van der Waals surface area contributed by atoms with E-state index in [2.05, 4.69) is 10.1 Å². The van der Waals surface area contributed by atoms with Gasteiger partial charge in [-0.15, -0.1) is 0 Å². The van der Waals surface area contributed by atoms with E-state index in [0.29, 0.717) is 31.7 Å². The summed E-state index contributed by atoms with van der Waals surface area (Å²) in [7, 11) is 0. The summed E-state index contributed by atoms with van der Waals surface area (Å²) in [5.41, 5.74) is -1.61. The summed E-state index contributed by atoms with van der Waals surface area (Å²) in [4.78, 5) is 26.2. The van der Waals surface area contributed by atoms with E-state index in [1.807, 2.05) is 0 Å². The fourth-order valence-electron chi connectivity index (χ4n) is 2.68. The van der Waals surface area contributed by atoms with Gasteiger partial charge in [0.15, 0.2) is 5.56 Å². The lowest BCUT2D eigenvalue weighted by Crippen LogP contribution is -2.38. The first-order valence-corrected chi connectivity index (χ1v) is 7.50. The number of aromatic amines is 1. The highest BCUT2D eigenvalue weighted by molar-refractivity contribution is 5.94. The minimum absolute atomic E-state index is 0.0204. The Hall–Kier alpha value is -2.43. The number of hydrogen-bond donors (Lipinski definition) is 2. The molecule has 1 aliphatic rings. The smallest absolute Gasteiger partial charge is 0.381 e.